The van der Waals surface area contributed by atoms with Gasteiger partial charge in [0.2, 0.25) is 0 Å². The molecule has 3 nitrogen and oxygen atoms in total. The second kappa shape index (κ2) is 6.01. The Kier molecular flexibility index (Phi) is 4.55. The van der Waals surface area contributed by atoms with E-state index < -0.39 is 24.7 Å². The molecule has 0 aliphatic carbocycles. The summed E-state index contributed by atoms with van der Waals surface area (Å²) in [6.07, 6.45) is -4.04. The summed E-state index contributed by atoms with van der Waals surface area (Å²) in [7, 11) is 0. The molecule has 0 spiro atoms. The van der Waals surface area contributed by atoms with Gasteiger partial charge in [-0.2, -0.15) is 13.2 Å². The molecule has 7 heteroatoms. The number of rotatable bonds is 3. The van der Waals surface area contributed by atoms with Crippen LogP contribution in [0.1, 0.15) is 16.8 Å². The van der Waals surface area contributed by atoms with Crippen LogP contribution in [-0.4, -0.2) is 42.8 Å². The molecule has 1 aliphatic heterocycles. The van der Waals surface area contributed by atoms with Gasteiger partial charge in [0, 0.05) is 17.2 Å². The molecule has 1 atom stereocenters. The second-order valence-corrected chi connectivity index (χ2v) is 5.01. The van der Waals surface area contributed by atoms with Crippen LogP contribution in [0.25, 0.3) is 0 Å². The van der Waals surface area contributed by atoms with E-state index in [0.717, 1.165) is 4.90 Å². The van der Waals surface area contributed by atoms with Gasteiger partial charge in [-0.25, -0.2) is 0 Å². The molecule has 1 aromatic carbocycles. The van der Waals surface area contributed by atoms with Gasteiger partial charge in [-0.05, 0) is 24.6 Å². The summed E-state index contributed by atoms with van der Waals surface area (Å²) in [5.41, 5.74) is 0.147. The van der Waals surface area contributed by atoms with Gasteiger partial charge in [-0.3, -0.25) is 4.79 Å². The first-order valence-corrected chi connectivity index (χ1v) is 6.45. The van der Waals surface area contributed by atoms with E-state index in [0.29, 0.717) is 18.1 Å². The van der Waals surface area contributed by atoms with Crippen molar-refractivity contribution in [2.45, 2.75) is 18.6 Å². The highest BCUT2D eigenvalue weighted by Crippen LogP contribution is 2.24. The molecule has 20 heavy (non-hydrogen) atoms. The molecular weight excluding hydrogens is 295 g/mol. The Morgan fingerprint density at radius 2 is 2.20 bits per heavy atom. The normalized spacial score (nSPS) is 19.1. The first-order chi connectivity index (χ1) is 9.37. The Labute approximate surface area is 119 Å². The standard InChI is InChI=1S/C13H13ClF3NO2/c14-10-3-1-2-9(6-10)12(19)18(8-13(15,16)17)11-4-5-20-7-11/h1-3,6,11H,4-5,7-8H2/t11-/m0/s1. The topological polar surface area (TPSA) is 29.5 Å². The van der Waals surface area contributed by atoms with Crippen molar-refractivity contribution in [2.75, 3.05) is 19.8 Å². The zero-order valence-electron chi connectivity index (χ0n) is 10.5. The maximum absolute atomic E-state index is 12.7. The first-order valence-electron chi connectivity index (χ1n) is 6.08. The van der Waals surface area contributed by atoms with E-state index >= 15 is 0 Å². The fourth-order valence-corrected chi connectivity index (χ4v) is 2.31. The molecule has 1 aliphatic rings. The minimum Gasteiger partial charge on any atom is -0.379 e. The fourth-order valence-electron chi connectivity index (χ4n) is 2.12. The smallest absolute Gasteiger partial charge is 0.379 e. The number of hydrogen-bond donors (Lipinski definition) is 0. The quantitative estimate of drug-likeness (QED) is 0.858. The van der Waals surface area contributed by atoms with E-state index in [-0.39, 0.29) is 12.2 Å². The number of carbonyl (C=O) groups excluding carboxylic acids is 1. The van der Waals surface area contributed by atoms with E-state index in [9.17, 15) is 18.0 Å². The van der Waals surface area contributed by atoms with Crippen LogP contribution in [0.3, 0.4) is 0 Å². The average Bonchev–Trinajstić information content (AvgIpc) is 2.87. The molecule has 1 fully saturated rings. The zero-order chi connectivity index (χ0) is 14.8. The molecule has 1 saturated heterocycles. The average molecular weight is 308 g/mol. The number of carbonyl (C=O) groups is 1. The Bertz CT molecular complexity index is 487. The SMILES string of the molecule is O=C(c1cccc(Cl)c1)N(CC(F)(F)F)[C@H]1CCOC1. The van der Waals surface area contributed by atoms with Gasteiger partial charge in [0.15, 0.2) is 0 Å². The molecule has 2 rings (SSSR count). The van der Waals surface area contributed by atoms with E-state index in [1.54, 1.807) is 6.07 Å². The lowest BCUT2D eigenvalue weighted by Crippen LogP contribution is -2.46. The van der Waals surface area contributed by atoms with Gasteiger partial charge >= 0.3 is 6.18 Å². The minimum atomic E-state index is -4.45. The van der Waals surface area contributed by atoms with Crippen LogP contribution in [0, 0.1) is 0 Å². The summed E-state index contributed by atoms with van der Waals surface area (Å²) >= 11 is 5.77. The third kappa shape index (κ3) is 3.86. The van der Waals surface area contributed by atoms with Gasteiger partial charge in [0.25, 0.3) is 5.91 Å². The summed E-state index contributed by atoms with van der Waals surface area (Å²) in [5.74, 6) is -0.680. The number of nitrogens with zero attached hydrogens (tertiary/aromatic N) is 1. The van der Waals surface area contributed by atoms with Gasteiger partial charge < -0.3 is 9.64 Å². The Morgan fingerprint density at radius 1 is 1.45 bits per heavy atom. The molecule has 0 unspecified atom stereocenters. The molecule has 1 heterocycles. The third-order valence-electron chi connectivity index (χ3n) is 3.03. The lowest BCUT2D eigenvalue weighted by Gasteiger charge is -2.29. The molecule has 1 amide bonds. The van der Waals surface area contributed by atoms with E-state index in [2.05, 4.69) is 0 Å². The van der Waals surface area contributed by atoms with Crippen LogP contribution in [0.4, 0.5) is 13.2 Å². The van der Waals surface area contributed by atoms with Crippen molar-refractivity contribution in [3.63, 3.8) is 0 Å². The Hall–Kier alpha value is -1.27. The van der Waals surface area contributed by atoms with Gasteiger partial charge in [-0.1, -0.05) is 17.7 Å². The summed E-state index contributed by atoms with van der Waals surface area (Å²) in [6.45, 7) is -0.795. The number of alkyl halides is 3. The molecule has 0 bridgehead atoms. The number of hydrogen-bond acceptors (Lipinski definition) is 2. The fraction of sp³-hybridized carbons (Fsp3) is 0.462. The van der Waals surface area contributed by atoms with Gasteiger partial charge in [-0.15, -0.1) is 0 Å². The van der Waals surface area contributed by atoms with Crippen LogP contribution < -0.4 is 0 Å². The second-order valence-electron chi connectivity index (χ2n) is 4.58. The van der Waals surface area contributed by atoms with Crippen molar-refractivity contribution < 1.29 is 22.7 Å². The predicted octanol–water partition coefficient (Wildman–Crippen LogP) is 3.13. The molecular formula is C13H13ClF3NO2. The number of ether oxygens (including phenoxy) is 1. The number of amides is 1. The highest BCUT2D eigenvalue weighted by molar-refractivity contribution is 6.30. The molecule has 0 N–H and O–H groups in total. The highest BCUT2D eigenvalue weighted by atomic mass is 35.5. The zero-order valence-corrected chi connectivity index (χ0v) is 11.2. The lowest BCUT2D eigenvalue weighted by atomic mass is 10.1. The monoisotopic (exact) mass is 307 g/mol. The summed E-state index contributed by atoms with van der Waals surface area (Å²) < 4.78 is 43.0. The van der Waals surface area contributed by atoms with Crippen molar-refractivity contribution in [2.24, 2.45) is 0 Å². The van der Waals surface area contributed by atoms with Crippen molar-refractivity contribution in [3.8, 4) is 0 Å². The maximum atomic E-state index is 12.7. The van der Waals surface area contributed by atoms with E-state index in [1.165, 1.54) is 18.2 Å². The van der Waals surface area contributed by atoms with Crippen molar-refractivity contribution in [1.82, 2.24) is 4.90 Å². The van der Waals surface area contributed by atoms with Crippen molar-refractivity contribution >= 4 is 17.5 Å². The lowest BCUT2D eigenvalue weighted by molar-refractivity contribution is -0.144. The minimum absolute atomic E-state index is 0.127. The van der Waals surface area contributed by atoms with Crippen LogP contribution in [-0.2, 0) is 4.74 Å². The van der Waals surface area contributed by atoms with E-state index in [4.69, 9.17) is 16.3 Å². The predicted molar refractivity (Wildman–Crippen MR) is 67.8 cm³/mol. The summed E-state index contributed by atoms with van der Waals surface area (Å²) in [4.78, 5) is 13.1. The van der Waals surface area contributed by atoms with E-state index in [1.807, 2.05) is 0 Å². The highest BCUT2D eigenvalue weighted by Gasteiger charge is 2.38. The van der Waals surface area contributed by atoms with Crippen molar-refractivity contribution in [3.05, 3.63) is 34.9 Å². The van der Waals surface area contributed by atoms with Crippen LogP contribution in [0.2, 0.25) is 5.02 Å². The molecule has 0 aromatic heterocycles. The molecule has 0 saturated carbocycles. The van der Waals surface area contributed by atoms with Gasteiger partial charge in [0.1, 0.15) is 6.54 Å². The summed E-state index contributed by atoms with van der Waals surface area (Å²) in [6, 6.07) is 5.36. The maximum Gasteiger partial charge on any atom is 0.406 e. The molecule has 110 valence electrons. The Balaban J connectivity index is 2.23. The van der Waals surface area contributed by atoms with Crippen LogP contribution >= 0.6 is 11.6 Å². The first kappa shape index (κ1) is 15.1. The van der Waals surface area contributed by atoms with Gasteiger partial charge in [0.05, 0.1) is 12.6 Å². The molecule has 1 aromatic rings. The largest absolute Gasteiger partial charge is 0.406 e. The van der Waals surface area contributed by atoms with Crippen LogP contribution in [0.5, 0.6) is 0 Å². The van der Waals surface area contributed by atoms with Crippen molar-refractivity contribution in [1.29, 1.82) is 0 Å². The molecule has 0 radical (unpaired) electrons. The summed E-state index contributed by atoms with van der Waals surface area (Å²) in [5, 5.41) is 0.311. The third-order valence-corrected chi connectivity index (χ3v) is 3.26. The van der Waals surface area contributed by atoms with Crippen LogP contribution in [0.15, 0.2) is 24.3 Å². The number of benzene rings is 1. The Morgan fingerprint density at radius 3 is 2.75 bits per heavy atom. The number of halogens is 4.